The quantitative estimate of drug-likeness (QED) is 0.687. The summed E-state index contributed by atoms with van der Waals surface area (Å²) >= 11 is 6.08. The number of pyridine rings is 1. The summed E-state index contributed by atoms with van der Waals surface area (Å²) in [5.41, 5.74) is 0.771. The van der Waals surface area contributed by atoms with Crippen LogP contribution >= 0.6 is 11.6 Å². The molecule has 3 aromatic rings. The molecule has 0 spiro atoms. The maximum atomic E-state index is 13.3. The van der Waals surface area contributed by atoms with Gasteiger partial charge in [-0.2, -0.15) is 0 Å². The maximum Gasteiger partial charge on any atom is 0.267 e. The number of rotatable bonds is 4. The SMILES string of the molecule is O=C(Nc1cccnc1)[C@H]1CN(S(=O)(=O)c2ccccc2)c2cc(Cl)ccc2O1. The molecule has 1 amide bonds. The van der Waals surface area contributed by atoms with Gasteiger partial charge in [-0.25, -0.2) is 8.42 Å². The highest BCUT2D eigenvalue weighted by Gasteiger charge is 2.37. The first-order valence-corrected chi connectivity index (χ1v) is 10.5. The number of hydrogen-bond donors (Lipinski definition) is 1. The number of fused-ring (bicyclic) bond motifs is 1. The van der Waals surface area contributed by atoms with E-state index in [0.29, 0.717) is 10.7 Å². The minimum absolute atomic E-state index is 0.110. The monoisotopic (exact) mass is 429 g/mol. The summed E-state index contributed by atoms with van der Waals surface area (Å²) in [7, 11) is -3.93. The van der Waals surface area contributed by atoms with Gasteiger partial charge in [0.25, 0.3) is 15.9 Å². The first-order chi connectivity index (χ1) is 13.9. The third-order valence-electron chi connectivity index (χ3n) is 4.34. The van der Waals surface area contributed by atoms with Crippen LogP contribution in [0.3, 0.4) is 0 Å². The Balaban J connectivity index is 1.71. The number of ether oxygens (including phenoxy) is 1. The van der Waals surface area contributed by atoms with E-state index in [1.54, 1.807) is 48.7 Å². The van der Waals surface area contributed by atoms with E-state index >= 15 is 0 Å². The van der Waals surface area contributed by atoms with E-state index in [0.717, 1.165) is 4.31 Å². The van der Waals surface area contributed by atoms with Crippen molar-refractivity contribution < 1.29 is 17.9 Å². The van der Waals surface area contributed by atoms with Crippen molar-refractivity contribution >= 4 is 38.9 Å². The molecule has 0 radical (unpaired) electrons. The summed E-state index contributed by atoms with van der Waals surface area (Å²) in [5, 5.41) is 3.05. The van der Waals surface area contributed by atoms with Crippen LogP contribution < -0.4 is 14.4 Å². The molecule has 0 bridgehead atoms. The third kappa shape index (κ3) is 3.90. The van der Waals surface area contributed by atoms with E-state index in [2.05, 4.69) is 10.3 Å². The molecule has 0 saturated carbocycles. The Morgan fingerprint density at radius 3 is 2.66 bits per heavy atom. The van der Waals surface area contributed by atoms with Crippen LogP contribution in [0.1, 0.15) is 0 Å². The Bertz CT molecular complexity index is 1140. The third-order valence-corrected chi connectivity index (χ3v) is 6.37. The molecule has 7 nitrogen and oxygen atoms in total. The molecule has 0 fully saturated rings. The lowest BCUT2D eigenvalue weighted by atomic mass is 10.2. The Hall–Kier alpha value is -3.10. The summed E-state index contributed by atoms with van der Waals surface area (Å²) in [6.45, 7) is -0.198. The van der Waals surface area contributed by atoms with Crippen LogP contribution in [0.15, 0.2) is 78.0 Å². The van der Waals surface area contributed by atoms with Gasteiger partial charge in [0, 0.05) is 11.2 Å². The predicted octanol–water partition coefficient (Wildman–Crippen LogP) is 3.33. The first-order valence-electron chi connectivity index (χ1n) is 8.70. The van der Waals surface area contributed by atoms with E-state index in [-0.39, 0.29) is 22.9 Å². The van der Waals surface area contributed by atoms with Crippen LogP contribution in [0.25, 0.3) is 0 Å². The molecule has 2 heterocycles. The fourth-order valence-corrected chi connectivity index (χ4v) is 4.62. The fraction of sp³-hybridized carbons (Fsp3) is 0.100. The number of nitrogens with zero attached hydrogens (tertiary/aromatic N) is 2. The van der Waals surface area contributed by atoms with E-state index in [9.17, 15) is 13.2 Å². The second-order valence-corrected chi connectivity index (χ2v) is 8.60. The zero-order chi connectivity index (χ0) is 20.4. The number of aromatic nitrogens is 1. The van der Waals surface area contributed by atoms with Crippen molar-refractivity contribution in [1.29, 1.82) is 0 Å². The van der Waals surface area contributed by atoms with E-state index in [4.69, 9.17) is 16.3 Å². The van der Waals surface area contributed by atoms with Gasteiger partial charge in [-0.05, 0) is 42.5 Å². The minimum atomic E-state index is -3.93. The smallest absolute Gasteiger partial charge is 0.267 e. The van der Waals surface area contributed by atoms with Crippen LogP contribution in [0, 0.1) is 0 Å². The molecule has 29 heavy (non-hydrogen) atoms. The summed E-state index contributed by atoms with van der Waals surface area (Å²) < 4.78 is 33.5. The topological polar surface area (TPSA) is 88.6 Å². The largest absolute Gasteiger partial charge is 0.476 e. The first kappa shape index (κ1) is 19.2. The van der Waals surface area contributed by atoms with Gasteiger partial charge in [0.05, 0.1) is 29.0 Å². The van der Waals surface area contributed by atoms with Gasteiger partial charge in [-0.1, -0.05) is 29.8 Å². The summed E-state index contributed by atoms with van der Waals surface area (Å²) in [5.74, 6) is -0.224. The van der Waals surface area contributed by atoms with Gasteiger partial charge >= 0.3 is 0 Å². The second-order valence-electron chi connectivity index (χ2n) is 6.30. The van der Waals surface area contributed by atoms with Crippen LogP contribution in [-0.2, 0) is 14.8 Å². The maximum absolute atomic E-state index is 13.3. The molecular formula is C20H16ClN3O4S. The number of sulfonamides is 1. The van der Waals surface area contributed by atoms with E-state index < -0.39 is 22.0 Å². The summed E-state index contributed by atoms with van der Waals surface area (Å²) in [6.07, 6.45) is 2.02. The Labute approximate surface area is 173 Å². The molecule has 148 valence electrons. The Morgan fingerprint density at radius 2 is 1.93 bits per heavy atom. The molecule has 0 saturated heterocycles. The number of hydrogen-bond acceptors (Lipinski definition) is 5. The molecular weight excluding hydrogens is 414 g/mol. The lowest BCUT2D eigenvalue weighted by Gasteiger charge is -2.34. The van der Waals surface area contributed by atoms with Gasteiger partial charge < -0.3 is 10.1 Å². The number of halogens is 1. The van der Waals surface area contributed by atoms with Crippen molar-refractivity contribution in [2.45, 2.75) is 11.0 Å². The van der Waals surface area contributed by atoms with Gasteiger partial charge in [0.15, 0.2) is 6.10 Å². The predicted molar refractivity (Wildman–Crippen MR) is 110 cm³/mol. The zero-order valence-electron chi connectivity index (χ0n) is 15.0. The van der Waals surface area contributed by atoms with Crippen LogP contribution in [0.4, 0.5) is 11.4 Å². The molecule has 4 rings (SSSR count). The molecule has 1 N–H and O–H groups in total. The van der Waals surface area contributed by atoms with Crippen LogP contribution in [-0.4, -0.2) is 32.0 Å². The Kier molecular flexibility index (Phi) is 5.12. The molecule has 2 aromatic carbocycles. The molecule has 1 aliphatic rings. The number of carbonyl (C=O) groups excluding carboxylic acids is 1. The average molecular weight is 430 g/mol. The highest BCUT2D eigenvalue weighted by atomic mass is 35.5. The normalized spacial score (nSPS) is 15.9. The van der Waals surface area contributed by atoms with Crippen molar-refractivity contribution in [1.82, 2.24) is 4.98 Å². The number of amides is 1. The molecule has 1 aromatic heterocycles. The molecule has 0 aliphatic carbocycles. The average Bonchev–Trinajstić information content (AvgIpc) is 2.74. The van der Waals surface area contributed by atoms with Gasteiger partial charge in [0.2, 0.25) is 0 Å². The molecule has 1 atom stereocenters. The van der Waals surface area contributed by atoms with Crippen molar-refractivity contribution in [2.75, 3.05) is 16.2 Å². The van der Waals surface area contributed by atoms with Crippen molar-refractivity contribution in [3.05, 3.63) is 78.1 Å². The van der Waals surface area contributed by atoms with Crippen LogP contribution in [0.2, 0.25) is 5.02 Å². The van der Waals surface area contributed by atoms with Crippen molar-refractivity contribution in [2.24, 2.45) is 0 Å². The highest BCUT2D eigenvalue weighted by Crippen LogP contribution is 2.39. The molecule has 9 heteroatoms. The van der Waals surface area contributed by atoms with E-state index in [1.807, 2.05) is 0 Å². The number of benzene rings is 2. The number of carbonyl (C=O) groups is 1. The fourth-order valence-electron chi connectivity index (χ4n) is 2.97. The molecule has 1 aliphatic heterocycles. The van der Waals surface area contributed by atoms with E-state index in [1.165, 1.54) is 24.4 Å². The number of anilines is 2. The Morgan fingerprint density at radius 1 is 1.14 bits per heavy atom. The zero-order valence-corrected chi connectivity index (χ0v) is 16.6. The lowest BCUT2D eigenvalue weighted by Crippen LogP contribution is -2.48. The second kappa shape index (κ2) is 7.73. The van der Waals surface area contributed by atoms with Gasteiger partial charge in [-0.3, -0.25) is 14.1 Å². The highest BCUT2D eigenvalue weighted by molar-refractivity contribution is 7.92. The lowest BCUT2D eigenvalue weighted by molar-refractivity contribution is -0.122. The molecule has 0 unspecified atom stereocenters. The van der Waals surface area contributed by atoms with Crippen molar-refractivity contribution in [3.8, 4) is 5.75 Å². The van der Waals surface area contributed by atoms with Gasteiger partial charge in [0.1, 0.15) is 5.75 Å². The standard InChI is InChI=1S/C20H16ClN3O4S/c21-14-8-9-18-17(11-14)24(29(26,27)16-6-2-1-3-7-16)13-19(28-18)20(25)23-15-5-4-10-22-12-15/h1-12,19H,13H2,(H,23,25)/t19-/m1/s1. The van der Waals surface area contributed by atoms with Crippen molar-refractivity contribution in [3.63, 3.8) is 0 Å². The number of nitrogens with one attached hydrogen (secondary N) is 1. The minimum Gasteiger partial charge on any atom is -0.476 e. The van der Waals surface area contributed by atoms with Gasteiger partial charge in [-0.15, -0.1) is 0 Å². The summed E-state index contributed by atoms with van der Waals surface area (Å²) in [6, 6.07) is 16.0. The van der Waals surface area contributed by atoms with Crippen LogP contribution in [0.5, 0.6) is 5.75 Å². The summed E-state index contributed by atoms with van der Waals surface area (Å²) in [4.78, 5) is 16.8.